The predicted molar refractivity (Wildman–Crippen MR) is 177 cm³/mol. The van der Waals surface area contributed by atoms with Crippen LogP contribution in [0, 0.1) is 0 Å². The maximum Gasteiger partial charge on any atom is 0.414 e. The van der Waals surface area contributed by atoms with E-state index >= 15 is 0 Å². The number of nitrogens with one attached hydrogen (secondary N) is 3. The average Bonchev–Trinajstić information content (AvgIpc) is 2.97. The van der Waals surface area contributed by atoms with Gasteiger partial charge in [0.15, 0.2) is 0 Å². The van der Waals surface area contributed by atoms with Crippen molar-refractivity contribution < 1.29 is 19.1 Å². The molecule has 1 atom stereocenters. The largest absolute Gasteiger partial charge is 0.447 e. The molecule has 10 heteroatoms. The highest BCUT2D eigenvalue weighted by Crippen LogP contribution is 2.00. The summed E-state index contributed by atoms with van der Waals surface area (Å²) in [5.41, 5.74) is 0. The molecule has 0 bridgehead atoms. The summed E-state index contributed by atoms with van der Waals surface area (Å²) in [6, 6.07) is 0. The fraction of sp³-hybridized carbons (Fsp3) is 0.515. The molecule has 0 spiro atoms. The zero-order valence-electron chi connectivity index (χ0n) is 26.5. The number of amides is 2. The number of carbonyl (C=O) groups excluding carboxylic acids is 2. The number of rotatable bonds is 20. The van der Waals surface area contributed by atoms with E-state index in [0.29, 0.717) is 32.0 Å². The van der Waals surface area contributed by atoms with Gasteiger partial charge in [0.05, 0.1) is 13.2 Å². The minimum atomic E-state index is -0.634. The summed E-state index contributed by atoms with van der Waals surface area (Å²) in [6.07, 6.45) is 32.0. The number of alkyl carbamates (subject to hydrolysis) is 1. The monoisotopic (exact) mass is 596 g/mol. The molecule has 1 rings (SSSR count). The van der Waals surface area contributed by atoms with Crippen molar-refractivity contribution in [1.82, 2.24) is 20.9 Å². The first-order chi connectivity index (χ1) is 20.9. The normalized spacial score (nSPS) is 15.6. The first-order valence-electron chi connectivity index (χ1n) is 15.2. The number of aliphatic imine (C=N–C) groups is 2. The molecular formula is C33H52N6O4. The van der Waals surface area contributed by atoms with Gasteiger partial charge in [-0.05, 0) is 51.9 Å². The van der Waals surface area contributed by atoms with Crippen LogP contribution in [0.15, 0.2) is 82.9 Å². The van der Waals surface area contributed by atoms with Gasteiger partial charge in [0.1, 0.15) is 12.8 Å². The first-order valence-corrected chi connectivity index (χ1v) is 15.2. The molecule has 10 nitrogen and oxygen atoms in total. The molecule has 238 valence electrons. The Kier molecular flexibility index (Phi) is 22.2. The lowest BCUT2D eigenvalue weighted by molar-refractivity contribution is -0.121. The van der Waals surface area contributed by atoms with Crippen LogP contribution in [0.1, 0.15) is 65.2 Å². The molecule has 0 radical (unpaired) electrons. The van der Waals surface area contributed by atoms with E-state index in [1.54, 1.807) is 4.90 Å². The lowest BCUT2D eigenvalue weighted by Gasteiger charge is -2.23. The third-order valence-electron chi connectivity index (χ3n) is 5.66. The molecule has 0 aromatic carbocycles. The fourth-order valence-corrected chi connectivity index (χ4v) is 3.49. The highest BCUT2D eigenvalue weighted by atomic mass is 16.6. The van der Waals surface area contributed by atoms with Crippen molar-refractivity contribution in [2.75, 3.05) is 40.5 Å². The zero-order chi connectivity index (χ0) is 31.4. The van der Waals surface area contributed by atoms with Gasteiger partial charge in [-0.2, -0.15) is 0 Å². The molecule has 43 heavy (non-hydrogen) atoms. The second-order valence-electron chi connectivity index (χ2n) is 9.76. The van der Waals surface area contributed by atoms with Crippen LogP contribution in [-0.2, 0) is 14.3 Å². The molecule has 3 N–H and O–H groups in total. The van der Waals surface area contributed by atoms with Crippen molar-refractivity contribution in [2.45, 2.75) is 71.4 Å². The van der Waals surface area contributed by atoms with Gasteiger partial charge in [-0.25, -0.2) is 14.8 Å². The number of ether oxygens (including phenoxy) is 2. The van der Waals surface area contributed by atoms with Crippen LogP contribution in [0.5, 0.6) is 0 Å². The Morgan fingerprint density at radius 3 is 1.93 bits per heavy atom. The van der Waals surface area contributed by atoms with Crippen LogP contribution in [0.4, 0.5) is 4.79 Å². The molecule has 0 saturated heterocycles. The van der Waals surface area contributed by atoms with Gasteiger partial charge in [-0.1, -0.05) is 79.8 Å². The van der Waals surface area contributed by atoms with E-state index in [2.05, 4.69) is 99.7 Å². The summed E-state index contributed by atoms with van der Waals surface area (Å²) in [5, 5.41) is 8.29. The van der Waals surface area contributed by atoms with Crippen molar-refractivity contribution in [3.63, 3.8) is 0 Å². The number of hydrogen-bond donors (Lipinski definition) is 3. The third kappa shape index (κ3) is 22.4. The molecule has 0 aliphatic carbocycles. The van der Waals surface area contributed by atoms with E-state index in [9.17, 15) is 9.59 Å². The van der Waals surface area contributed by atoms with Crippen LogP contribution in [0.3, 0.4) is 0 Å². The standard InChI is InChI=1S/C33H52N6O4/c1-5-6-7-8-9-10-11-12-13-14-15-16-17-18-19-20-21-22-23-24-30(40)34-25-26-42-27-28-43-33(41)38-31-35-29(2)36-32(37-31)39(3)4/h6-7,9-10,12-13,15-16,18-19,21-22,29H,5,8,11,14,17,20,23-28H2,1-4H3,(H,34,40)(H2,35,36,37,38,41). The number of guanidine groups is 2. The SMILES string of the molecule is CCC=CCC=CCC=CCC=CCC=CCC=CCCC(=O)NCCOCCOC(=O)NC1=NC(C)N=C(N(C)C)N1. The zero-order valence-corrected chi connectivity index (χ0v) is 26.5. The highest BCUT2D eigenvalue weighted by molar-refractivity contribution is 6.05. The maximum atomic E-state index is 11.9. The summed E-state index contributed by atoms with van der Waals surface area (Å²) in [5.74, 6) is 0.860. The Labute approximate surface area is 258 Å². The van der Waals surface area contributed by atoms with Gasteiger partial charge in [0.25, 0.3) is 0 Å². The molecule has 0 aromatic rings. The van der Waals surface area contributed by atoms with Crippen LogP contribution >= 0.6 is 0 Å². The second kappa shape index (κ2) is 25.8. The van der Waals surface area contributed by atoms with Crippen LogP contribution in [-0.4, -0.2) is 75.4 Å². The van der Waals surface area contributed by atoms with Crippen molar-refractivity contribution in [3.05, 3.63) is 72.9 Å². The first kappa shape index (κ1) is 37.1. The van der Waals surface area contributed by atoms with Gasteiger partial charge in [0, 0.05) is 27.1 Å². The van der Waals surface area contributed by atoms with Crippen LogP contribution < -0.4 is 16.0 Å². The molecule has 2 amide bonds. The third-order valence-corrected chi connectivity index (χ3v) is 5.66. The summed E-state index contributed by atoms with van der Waals surface area (Å²) in [4.78, 5) is 34.2. The number of carbonyl (C=O) groups is 2. The Morgan fingerprint density at radius 1 is 0.814 bits per heavy atom. The Bertz CT molecular complexity index is 1020. The Balaban J connectivity index is 1.95. The van der Waals surface area contributed by atoms with Crippen molar-refractivity contribution >= 4 is 23.9 Å². The van der Waals surface area contributed by atoms with Crippen molar-refractivity contribution in [2.24, 2.45) is 9.98 Å². The van der Waals surface area contributed by atoms with Gasteiger partial charge < -0.3 is 19.7 Å². The van der Waals surface area contributed by atoms with Crippen molar-refractivity contribution in [1.29, 1.82) is 0 Å². The topological polar surface area (TPSA) is 117 Å². The molecule has 1 aliphatic rings. The molecule has 1 heterocycles. The van der Waals surface area contributed by atoms with Gasteiger partial charge in [-0.15, -0.1) is 0 Å². The molecule has 0 aromatic heterocycles. The van der Waals surface area contributed by atoms with E-state index in [0.717, 1.165) is 38.5 Å². The van der Waals surface area contributed by atoms with Crippen molar-refractivity contribution in [3.8, 4) is 0 Å². The van der Waals surface area contributed by atoms with Gasteiger partial charge in [-0.3, -0.25) is 15.4 Å². The lowest BCUT2D eigenvalue weighted by Crippen LogP contribution is -2.51. The average molecular weight is 597 g/mol. The quantitative estimate of drug-likeness (QED) is 0.125. The number of hydrogen-bond acceptors (Lipinski definition) is 8. The van der Waals surface area contributed by atoms with Gasteiger partial charge >= 0.3 is 6.09 Å². The van der Waals surface area contributed by atoms with Crippen LogP contribution in [0.2, 0.25) is 0 Å². The number of allylic oxidation sites excluding steroid dienone is 12. The Hall–Kier alpha value is -3.92. The molecule has 0 saturated carbocycles. The fourth-order valence-electron chi connectivity index (χ4n) is 3.49. The minimum Gasteiger partial charge on any atom is -0.447 e. The smallest absolute Gasteiger partial charge is 0.414 e. The molecule has 1 aliphatic heterocycles. The summed E-state index contributed by atoms with van der Waals surface area (Å²) < 4.78 is 10.5. The number of nitrogens with zero attached hydrogens (tertiary/aromatic N) is 3. The molecule has 0 fully saturated rings. The van der Waals surface area contributed by atoms with Crippen LogP contribution in [0.25, 0.3) is 0 Å². The predicted octanol–water partition coefficient (Wildman–Crippen LogP) is 5.55. The summed E-state index contributed by atoms with van der Waals surface area (Å²) >= 11 is 0. The van der Waals surface area contributed by atoms with E-state index in [-0.39, 0.29) is 31.2 Å². The maximum absolute atomic E-state index is 11.9. The molecule has 1 unspecified atom stereocenters. The minimum absolute atomic E-state index is 0.0191. The van der Waals surface area contributed by atoms with E-state index in [4.69, 9.17) is 9.47 Å². The Morgan fingerprint density at radius 2 is 1.37 bits per heavy atom. The molecular weight excluding hydrogens is 544 g/mol. The highest BCUT2D eigenvalue weighted by Gasteiger charge is 2.17. The van der Waals surface area contributed by atoms with E-state index in [1.165, 1.54) is 0 Å². The lowest BCUT2D eigenvalue weighted by atomic mass is 10.2. The van der Waals surface area contributed by atoms with E-state index in [1.807, 2.05) is 27.1 Å². The summed E-state index contributed by atoms with van der Waals surface area (Å²) in [6.45, 7) is 5.01. The van der Waals surface area contributed by atoms with E-state index < -0.39 is 6.09 Å². The second-order valence-corrected chi connectivity index (χ2v) is 9.76. The summed E-state index contributed by atoms with van der Waals surface area (Å²) in [7, 11) is 3.68. The van der Waals surface area contributed by atoms with Gasteiger partial charge in [0.2, 0.25) is 17.8 Å².